The van der Waals surface area contributed by atoms with Crippen LogP contribution in [-0.2, 0) is 16.0 Å². The van der Waals surface area contributed by atoms with Crippen LogP contribution in [0.4, 0.5) is 0 Å². The Bertz CT molecular complexity index is 378. The fourth-order valence-corrected chi connectivity index (χ4v) is 2.10. The van der Waals surface area contributed by atoms with E-state index in [4.69, 9.17) is 10.8 Å². The monoisotopic (exact) mass is 256 g/mol. The quantitative estimate of drug-likeness (QED) is 0.778. The zero-order valence-corrected chi connectivity index (χ0v) is 10.4. The van der Waals surface area contributed by atoms with Crippen LogP contribution in [0.3, 0.4) is 0 Å². The highest BCUT2D eigenvalue weighted by atomic mass is 32.1. The van der Waals surface area contributed by atoms with Gasteiger partial charge in [0.25, 0.3) is 0 Å². The summed E-state index contributed by atoms with van der Waals surface area (Å²) in [7, 11) is 1.64. The van der Waals surface area contributed by atoms with Crippen LogP contribution in [0, 0.1) is 0 Å². The molecule has 0 aliphatic heterocycles. The molecule has 94 valence electrons. The molecule has 3 N–H and O–H groups in total. The van der Waals surface area contributed by atoms with Crippen molar-refractivity contribution in [2.75, 3.05) is 13.6 Å². The van der Waals surface area contributed by atoms with E-state index < -0.39 is 12.0 Å². The van der Waals surface area contributed by atoms with Gasteiger partial charge in [0, 0.05) is 18.5 Å². The second-order valence-electron chi connectivity index (χ2n) is 3.79. The molecule has 0 aromatic carbocycles. The Morgan fingerprint density at radius 3 is 2.82 bits per heavy atom. The third-order valence-corrected chi connectivity index (χ3v) is 3.30. The Balaban J connectivity index is 2.38. The van der Waals surface area contributed by atoms with Crippen molar-refractivity contribution in [3.8, 4) is 0 Å². The van der Waals surface area contributed by atoms with Gasteiger partial charge in [0.2, 0.25) is 5.91 Å². The number of nitrogens with zero attached hydrogens (tertiary/aromatic N) is 1. The summed E-state index contributed by atoms with van der Waals surface area (Å²) in [6.07, 6.45) is 0.432. The number of hydrogen-bond donors (Lipinski definition) is 2. The molecular weight excluding hydrogens is 240 g/mol. The van der Waals surface area contributed by atoms with Crippen molar-refractivity contribution < 1.29 is 14.7 Å². The maximum absolute atomic E-state index is 11.7. The van der Waals surface area contributed by atoms with Gasteiger partial charge in [-0.25, -0.2) is 0 Å². The predicted octanol–water partition coefficient (Wildman–Crippen LogP) is 0.551. The van der Waals surface area contributed by atoms with Gasteiger partial charge in [0.1, 0.15) is 0 Å². The van der Waals surface area contributed by atoms with E-state index in [2.05, 4.69) is 0 Å². The van der Waals surface area contributed by atoms with E-state index in [1.807, 2.05) is 17.5 Å². The highest BCUT2D eigenvalue weighted by molar-refractivity contribution is 7.09. The van der Waals surface area contributed by atoms with Gasteiger partial charge >= 0.3 is 5.97 Å². The molecule has 1 aromatic rings. The first-order valence-electron chi connectivity index (χ1n) is 5.25. The molecule has 0 saturated heterocycles. The number of aliphatic carboxylic acids is 1. The Labute approximate surface area is 104 Å². The number of carboxylic acid groups (broad SMARTS) is 1. The van der Waals surface area contributed by atoms with Crippen molar-refractivity contribution in [1.82, 2.24) is 4.90 Å². The van der Waals surface area contributed by atoms with Crippen molar-refractivity contribution in [2.24, 2.45) is 5.73 Å². The first-order chi connectivity index (χ1) is 8.00. The minimum absolute atomic E-state index is 0.330. The van der Waals surface area contributed by atoms with Crippen LogP contribution < -0.4 is 5.73 Å². The van der Waals surface area contributed by atoms with Crippen molar-refractivity contribution in [3.63, 3.8) is 0 Å². The maximum Gasteiger partial charge on any atom is 0.305 e. The van der Waals surface area contributed by atoms with Crippen molar-refractivity contribution in [1.29, 1.82) is 0 Å². The lowest BCUT2D eigenvalue weighted by molar-refractivity contribution is -0.141. The van der Waals surface area contributed by atoms with Gasteiger partial charge in [-0.3, -0.25) is 9.59 Å². The molecule has 0 bridgehead atoms. The zero-order valence-electron chi connectivity index (χ0n) is 9.63. The number of carbonyl (C=O) groups excluding carboxylic acids is 1. The second kappa shape index (κ2) is 6.36. The number of carboxylic acids is 1. The van der Waals surface area contributed by atoms with Crippen LogP contribution in [0.1, 0.15) is 11.3 Å². The average Bonchev–Trinajstić information content (AvgIpc) is 2.76. The molecule has 1 rings (SSSR count). The van der Waals surface area contributed by atoms with Crippen LogP contribution in [0.25, 0.3) is 0 Å². The molecule has 1 aromatic heterocycles. The maximum atomic E-state index is 11.7. The summed E-state index contributed by atoms with van der Waals surface area (Å²) < 4.78 is 0. The van der Waals surface area contributed by atoms with Crippen molar-refractivity contribution in [2.45, 2.75) is 18.9 Å². The summed E-state index contributed by atoms with van der Waals surface area (Å²) in [6.45, 7) is 0.548. The molecule has 1 atom stereocenters. The minimum Gasteiger partial charge on any atom is -0.481 e. The molecule has 5 nitrogen and oxygen atoms in total. The second-order valence-corrected chi connectivity index (χ2v) is 4.83. The molecule has 1 amide bonds. The summed E-state index contributed by atoms with van der Waals surface area (Å²) in [5.74, 6) is -1.39. The van der Waals surface area contributed by atoms with Crippen LogP contribution in [0.2, 0.25) is 0 Å². The Hall–Kier alpha value is -1.40. The fourth-order valence-electron chi connectivity index (χ4n) is 1.40. The topological polar surface area (TPSA) is 83.6 Å². The van der Waals surface area contributed by atoms with Gasteiger partial charge in [-0.05, 0) is 17.9 Å². The van der Waals surface area contributed by atoms with Gasteiger partial charge < -0.3 is 15.7 Å². The SMILES string of the molecule is CN(CCc1cccs1)C(=O)C(N)CC(=O)O. The molecular formula is C11H16N2O3S. The van der Waals surface area contributed by atoms with Crippen LogP contribution in [0.15, 0.2) is 17.5 Å². The lowest BCUT2D eigenvalue weighted by Gasteiger charge is -2.20. The molecule has 1 heterocycles. The van der Waals surface area contributed by atoms with Gasteiger partial charge in [-0.1, -0.05) is 6.07 Å². The minimum atomic E-state index is -1.06. The normalized spacial score (nSPS) is 12.1. The number of nitrogens with two attached hydrogens (primary N) is 1. The first kappa shape index (κ1) is 13.7. The smallest absolute Gasteiger partial charge is 0.305 e. The predicted molar refractivity (Wildman–Crippen MR) is 65.9 cm³/mol. The number of thiophene rings is 1. The molecule has 0 fully saturated rings. The molecule has 1 unspecified atom stereocenters. The summed E-state index contributed by atoms with van der Waals surface area (Å²) in [4.78, 5) is 24.8. The Morgan fingerprint density at radius 1 is 1.59 bits per heavy atom. The molecule has 17 heavy (non-hydrogen) atoms. The van der Waals surface area contributed by atoms with E-state index in [0.717, 1.165) is 6.42 Å². The summed E-state index contributed by atoms with van der Waals surface area (Å²) in [5.41, 5.74) is 5.50. The lowest BCUT2D eigenvalue weighted by atomic mass is 10.2. The van der Waals surface area contributed by atoms with Gasteiger partial charge in [-0.15, -0.1) is 11.3 Å². The highest BCUT2D eigenvalue weighted by Crippen LogP contribution is 2.09. The summed E-state index contributed by atoms with van der Waals surface area (Å²) in [5, 5.41) is 10.5. The Morgan fingerprint density at radius 2 is 2.29 bits per heavy atom. The molecule has 6 heteroatoms. The number of likely N-dealkylation sites (N-methyl/N-ethyl adjacent to an activating group) is 1. The largest absolute Gasteiger partial charge is 0.481 e. The van der Waals surface area contributed by atoms with E-state index in [-0.39, 0.29) is 12.3 Å². The van der Waals surface area contributed by atoms with Gasteiger partial charge in [0.05, 0.1) is 12.5 Å². The number of rotatable bonds is 6. The van der Waals surface area contributed by atoms with E-state index in [9.17, 15) is 9.59 Å². The van der Waals surface area contributed by atoms with E-state index >= 15 is 0 Å². The highest BCUT2D eigenvalue weighted by Gasteiger charge is 2.20. The Kier molecular flexibility index (Phi) is 5.11. The molecule has 0 saturated carbocycles. The number of hydrogen-bond acceptors (Lipinski definition) is 4. The third kappa shape index (κ3) is 4.54. The van der Waals surface area contributed by atoms with E-state index in [1.54, 1.807) is 18.4 Å². The standard InChI is InChI=1S/C11H16N2O3S/c1-13(5-4-8-3-2-6-17-8)11(16)9(12)7-10(14)15/h2-3,6,9H,4-5,7,12H2,1H3,(H,14,15). The average molecular weight is 256 g/mol. The third-order valence-electron chi connectivity index (χ3n) is 2.36. The first-order valence-corrected chi connectivity index (χ1v) is 6.13. The summed E-state index contributed by atoms with van der Waals surface area (Å²) in [6, 6.07) is 3.00. The molecule has 0 radical (unpaired) electrons. The lowest BCUT2D eigenvalue weighted by Crippen LogP contribution is -2.43. The fraction of sp³-hybridized carbons (Fsp3) is 0.455. The number of amides is 1. The zero-order chi connectivity index (χ0) is 12.8. The molecule has 0 aliphatic rings. The van der Waals surface area contributed by atoms with E-state index in [1.165, 1.54) is 9.78 Å². The van der Waals surface area contributed by atoms with Crippen LogP contribution in [0.5, 0.6) is 0 Å². The number of carbonyl (C=O) groups is 2. The molecule has 0 aliphatic carbocycles. The van der Waals surface area contributed by atoms with E-state index in [0.29, 0.717) is 6.54 Å². The molecule has 0 spiro atoms. The van der Waals surface area contributed by atoms with Crippen molar-refractivity contribution >= 4 is 23.2 Å². The summed E-state index contributed by atoms with van der Waals surface area (Å²) >= 11 is 1.63. The van der Waals surface area contributed by atoms with Crippen LogP contribution in [-0.4, -0.2) is 41.5 Å². The van der Waals surface area contributed by atoms with Gasteiger partial charge in [0.15, 0.2) is 0 Å². The van der Waals surface area contributed by atoms with Crippen molar-refractivity contribution in [3.05, 3.63) is 22.4 Å². The van der Waals surface area contributed by atoms with Crippen LogP contribution >= 0.6 is 11.3 Å². The van der Waals surface area contributed by atoms with Gasteiger partial charge in [-0.2, -0.15) is 0 Å².